The van der Waals surface area contributed by atoms with Crippen molar-refractivity contribution in [2.75, 3.05) is 0 Å². The van der Waals surface area contributed by atoms with Crippen molar-refractivity contribution in [1.29, 1.82) is 0 Å². The molecule has 1 N–H and O–H groups in total. The number of hydrogen-bond donors (Lipinski definition) is 1. The molecule has 152 valence electrons. The Balaban J connectivity index is 1.80. The second-order valence-electron chi connectivity index (χ2n) is 6.41. The second-order valence-corrected chi connectivity index (χ2v) is 7.74. The highest BCUT2D eigenvalue weighted by Gasteiger charge is 2.36. The van der Waals surface area contributed by atoms with Crippen LogP contribution in [0.25, 0.3) is 10.9 Å². The Labute approximate surface area is 168 Å². The summed E-state index contributed by atoms with van der Waals surface area (Å²) in [7, 11) is 0. The number of hydrogen-bond acceptors (Lipinski definition) is 4. The lowest BCUT2D eigenvalue weighted by Crippen LogP contribution is -2.33. The molecule has 0 unspecified atom stereocenters. The first-order valence-electron chi connectivity index (χ1n) is 8.71. The van der Waals surface area contributed by atoms with E-state index >= 15 is 0 Å². The lowest BCUT2D eigenvalue weighted by molar-refractivity contribution is -0.145. The number of nitrogens with one attached hydrogen (secondary N) is 1. The molecule has 29 heavy (non-hydrogen) atoms. The van der Waals surface area contributed by atoms with Crippen LogP contribution in [0.4, 0.5) is 17.6 Å². The van der Waals surface area contributed by atoms with Gasteiger partial charge in [0, 0.05) is 5.39 Å². The summed E-state index contributed by atoms with van der Waals surface area (Å²) in [5, 5.41) is 2.59. The first-order valence-corrected chi connectivity index (χ1v) is 9.59. The quantitative estimate of drug-likeness (QED) is 0.351. The van der Waals surface area contributed by atoms with Crippen molar-refractivity contribution < 1.29 is 22.4 Å². The van der Waals surface area contributed by atoms with Crippen LogP contribution in [-0.2, 0) is 11.0 Å². The van der Waals surface area contributed by atoms with E-state index in [0.717, 1.165) is 11.8 Å². The van der Waals surface area contributed by atoms with Crippen molar-refractivity contribution in [1.82, 2.24) is 15.3 Å². The molecule has 0 aliphatic heterocycles. The van der Waals surface area contributed by atoms with Gasteiger partial charge in [0.1, 0.15) is 10.8 Å². The maximum atomic E-state index is 13.1. The van der Waals surface area contributed by atoms with Crippen molar-refractivity contribution in [3.8, 4) is 0 Å². The Hall–Kier alpha value is -2.68. The van der Waals surface area contributed by atoms with Crippen LogP contribution in [0.1, 0.15) is 31.3 Å². The summed E-state index contributed by atoms with van der Waals surface area (Å²) in [4.78, 5) is 19.8. The molecule has 3 rings (SSSR count). The molecule has 3 aromatic rings. The number of carbonyl (C=O) groups excluding carboxylic acids is 1. The number of benzene rings is 2. The van der Waals surface area contributed by atoms with Gasteiger partial charge in [-0.1, -0.05) is 42.1 Å². The van der Waals surface area contributed by atoms with E-state index in [-0.39, 0.29) is 28.3 Å². The molecule has 1 aromatic heterocycles. The van der Waals surface area contributed by atoms with E-state index in [1.807, 2.05) is 0 Å². The number of aromatic nitrogens is 2. The third-order valence-electron chi connectivity index (χ3n) is 4.21. The molecule has 0 spiro atoms. The highest BCUT2D eigenvalue weighted by molar-refractivity contribution is 8.00. The highest BCUT2D eigenvalue weighted by Crippen LogP contribution is 2.33. The normalized spacial score (nSPS) is 13.9. The van der Waals surface area contributed by atoms with Crippen LogP contribution in [0.15, 0.2) is 53.6 Å². The molecule has 0 saturated carbocycles. The molecule has 0 fully saturated rings. The van der Waals surface area contributed by atoms with Gasteiger partial charge < -0.3 is 5.32 Å². The van der Waals surface area contributed by atoms with Gasteiger partial charge in [-0.05, 0) is 37.6 Å². The fourth-order valence-electron chi connectivity index (χ4n) is 2.65. The van der Waals surface area contributed by atoms with Gasteiger partial charge in [-0.25, -0.2) is 14.4 Å². The predicted molar refractivity (Wildman–Crippen MR) is 103 cm³/mol. The Morgan fingerprint density at radius 2 is 1.69 bits per heavy atom. The molecule has 0 aliphatic rings. The molecule has 0 bridgehead atoms. The van der Waals surface area contributed by atoms with Gasteiger partial charge in [-0.15, -0.1) is 0 Å². The minimum absolute atomic E-state index is 0.0833. The summed E-state index contributed by atoms with van der Waals surface area (Å²) in [6.45, 7) is 3.33. The number of halogens is 4. The SMILES string of the molecule is C[C@H](Sc1nc(C(F)(F)F)nc2ccccc12)C(=O)N[C@@H](C)c1ccc(F)cc1. The molecule has 0 aliphatic carbocycles. The summed E-state index contributed by atoms with van der Waals surface area (Å²) in [6, 6.07) is 11.7. The Morgan fingerprint density at radius 1 is 1.03 bits per heavy atom. The van der Waals surface area contributed by atoms with Crippen molar-refractivity contribution in [2.45, 2.75) is 36.3 Å². The van der Waals surface area contributed by atoms with E-state index in [0.29, 0.717) is 10.9 Å². The molecule has 0 radical (unpaired) electrons. The third kappa shape index (κ3) is 5.03. The summed E-state index contributed by atoms with van der Waals surface area (Å²) < 4.78 is 52.5. The molecule has 2 atom stereocenters. The fourth-order valence-corrected chi connectivity index (χ4v) is 3.60. The number of fused-ring (bicyclic) bond motifs is 1. The molecule has 9 heteroatoms. The van der Waals surface area contributed by atoms with E-state index in [1.54, 1.807) is 44.2 Å². The number of amides is 1. The number of para-hydroxylation sites is 1. The highest BCUT2D eigenvalue weighted by atomic mass is 32.2. The Kier molecular flexibility index (Phi) is 6.07. The van der Waals surface area contributed by atoms with E-state index < -0.39 is 17.3 Å². The van der Waals surface area contributed by atoms with Crippen molar-refractivity contribution in [3.05, 3.63) is 65.7 Å². The zero-order valence-corrected chi connectivity index (χ0v) is 16.3. The predicted octanol–water partition coefficient (Wildman–Crippen LogP) is 5.15. The summed E-state index contributed by atoms with van der Waals surface area (Å²) in [6.07, 6.45) is -4.69. The number of alkyl halides is 3. The zero-order valence-electron chi connectivity index (χ0n) is 15.5. The Morgan fingerprint density at radius 3 is 2.34 bits per heavy atom. The average molecular weight is 423 g/mol. The van der Waals surface area contributed by atoms with Crippen molar-refractivity contribution in [2.24, 2.45) is 0 Å². The fraction of sp³-hybridized carbons (Fsp3) is 0.250. The first-order chi connectivity index (χ1) is 13.6. The molecular formula is C20H17F4N3OS. The number of nitrogens with zero attached hydrogens (tertiary/aromatic N) is 2. The molecular weight excluding hydrogens is 406 g/mol. The number of rotatable bonds is 5. The summed E-state index contributed by atoms with van der Waals surface area (Å²) in [5.41, 5.74) is 0.869. The Bertz CT molecular complexity index is 1020. The van der Waals surface area contributed by atoms with Gasteiger partial charge in [0.15, 0.2) is 0 Å². The summed E-state index contributed by atoms with van der Waals surface area (Å²) >= 11 is 0.928. The first kappa shape index (κ1) is 21.0. The van der Waals surface area contributed by atoms with E-state index in [9.17, 15) is 22.4 Å². The van der Waals surface area contributed by atoms with Gasteiger partial charge >= 0.3 is 6.18 Å². The van der Waals surface area contributed by atoms with Gasteiger partial charge in [0.25, 0.3) is 0 Å². The van der Waals surface area contributed by atoms with Crippen LogP contribution in [0.3, 0.4) is 0 Å². The lowest BCUT2D eigenvalue weighted by Gasteiger charge is -2.18. The number of carbonyl (C=O) groups is 1. The number of thioether (sulfide) groups is 1. The standard InChI is InChI=1S/C20H17F4N3OS/c1-11(13-7-9-14(21)10-8-13)25-17(28)12(2)29-18-15-5-3-4-6-16(15)26-19(27-18)20(22,23)24/h3-12H,1-2H3,(H,25,28)/t11-,12-/m0/s1. The summed E-state index contributed by atoms with van der Waals surface area (Å²) in [5.74, 6) is -2.00. The van der Waals surface area contributed by atoms with Crippen LogP contribution in [-0.4, -0.2) is 21.1 Å². The van der Waals surface area contributed by atoms with E-state index in [1.165, 1.54) is 18.2 Å². The van der Waals surface area contributed by atoms with E-state index in [4.69, 9.17) is 0 Å². The van der Waals surface area contributed by atoms with Crippen LogP contribution >= 0.6 is 11.8 Å². The van der Waals surface area contributed by atoms with Crippen molar-refractivity contribution in [3.63, 3.8) is 0 Å². The van der Waals surface area contributed by atoms with Crippen LogP contribution in [0, 0.1) is 5.82 Å². The minimum atomic E-state index is -4.69. The van der Waals surface area contributed by atoms with Gasteiger partial charge in [0.05, 0.1) is 16.8 Å². The molecule has 1 heterocycles. The van der Waals surface area contributed by atoms with Crippen LogP contribution in [0.2, 0.25) is 0 Å². The maximum absolute atomic E-state index is 13.1. The molecule has 1 amide bonds. The largest absolute Gasteiger partial charge is 0.451 e. The third-order valence-corrected chi connectivity index (χ3v) is 5.31. The maximum Gasteiger partial charge on any atom is 0.451 e. The molecule has 2 aromatic carbocycles. The molecule has 4 nitrogen and oxygen atoms in total. The van der Waals surface area contributed by atoms with Gasteiger partial charge in [-0.3, -0.25) is 4.79 Å². The van der Waals surface area contributed by atoms with Crippen molar-refractivity contribution >= 4 is 28.6 Å². The van der Waals surface area contributed by atoms with Gasteiger partial charge in [0.2, 0.25) is 11.7 Å². The van der Waals surface area contributed by atoms with Gasteiger partial charge in [-0.2, -0.15) is 13.2 Å². The van der Waals surface area contributed by atoms with E-state index in [2.05, 4.69) is 15.3 Å². The second kappa shape index (κ2) is 8.36. The minimum Gasteiger partial charge on any atom is -0.349 e. The monoisotopic (exact) mass is 423 g/mol. The topological polar surface area (TPSA) is 54.9 Å². The molecule has 0 saturated heterocycles. The zero-order chi connectivity index (χ0) is 21.2. The lowest BCUT2D eigenvalue weighted by atomic mass is 10.1. The van der Waals surface area contributed by atoms with Crippen LogP contribution < -0.4 is 5.32 Å². The van der Waals surface area contributed by atoms with Crippen LogP contribution in [0.5, 0.6) is 0 Å². The average Bonchev–Trinajstić information content (AvgIpc) is 2.67. The smallest absolute Gasteiger partial charge is 0.349 e.